The van der Waals surface area contributed by atoms with E-state index in [1.807, 2.05) is 12.1 Å². The molecule has 0 saturated carbocycles. The van der Waals surface area contributed by atoms with Crippen LogP contribution in [0.3, 0.4) is 0 Å². The Bertz CT molecular complexity index is 1430. The lowest BCUT2D eigenvalue weighted by Gasteiger charge is -2.10. The number of hydrogen-bond donors (Lipinski definition) is 1. The van der Waals surface area contributed by atoms with Crippen LogP contribution >= 0.6 is 45.8 Å². The molecule has 4 aromatic rings. The molecule has 6 nitrogen and oxygen atoms in total. The van der Waals surface area contributed by atoms with Crippen LogP contribution in [0.25, 0.3) is 10.9 Å². The molecule has 4 rings (SSSR count). The summed E-state index contributed by atoms with van der Waals surface area (Å²) in [5.74, 6) is 0.671. The van der Waals surface area contributed by atoms with Crippen LogP contribution in [0.2, 0.25) is 10.0 Å². The number of para-hydroxylation sites is 1. The number of hydrogen-bond acceptors (Lipinski definition) is 4. The van der Waals surface area contributed by atoms with Crippen LogP contribution in [0, 0.1) is 3.57 Å². The Morgan fingerprint density at radius 1 is 1.06 bits per heavy atom. The van der Waals surface area contributed by atoms with Gasteiger partial charge in [-0.15, -0.1) is 4.68 Å². The molecule has 0 aliphatic rings. The second-order valence-corrected chi connectivity index (χ2v) is 8.56. The maximum atomic E-state index is 12.5. The zero-order valence-corrected chi connectivity index (χ0v) is 19.5. The van der Waals surface area contributed by atoms with E-state index in [-0.39, 0.29) is 0 Å². The molecular weight excluding hydrogens is 552 g/mol. The highest BCUT2D eigenvalue weighted by atomic mass is 127. The van der Waals surface area contributed by atoms with Gasteiger partial charge < -0.3 is 9.72 Å². The van der Waals surface area contributed by atoms with Crippen LogP contribution < -0.4 is 16.0 Å². The van der Waals surface area contributed by atoms with Crippen molar-refractivity contribution in [1.82, 2.24) is 9.66 Å². The van der Waals surface area contributed by atoms with Crippen molar-refractivity contribution in [3.05, 3.63) is 106 Å². The molecule has 1 N–H and O–H groups in total. The summed E-state index contributed by atoms with van der Waals surface area (Å²) < 4.78 is 7.50. The van der Waals surface area contributed by atoms with Gasteiger partial charge in [-0.05, 0) is 70.6 Å². The number of nitrogens with one attached hydrogen (secondary N) is 1. The third-order valence-corrected chi connectivity index (χ3v) is 5.89. The van der Waals surface area contributed by atoms with E-state index in [1.54, 1.807) is 48.5 Å². The number of nitrogens with zero attached hydrogens (tertiary/aromatic N) is 2. The number of benzene rings is 3. The molecule has 9 heteroatoms. The Hall–Kier alpha value is -2.62. The first-order valence-electron chi connectivity index (χ1n) is 9.07. The minimum absolute atomic E-state index is 0.293. The first kappa shape index (κ1) is 21.6. The molecule has 0 amide bonds. The lowest BCUT2D eigenvalue weighted by molar-refractivity contribution is 0.304. The Balaban J connectivity index is 1.55. The smallest absolute Gasteiger partial charge is 0.349 e. The van der Waals surface area contributed by atoms with E-state index in [9.17, 15) is 9.59 Å². The van der Waals surface area contributed by atoms with E-state index in [0.717, 1.165) is 13.8 Å². The van der Waals surface area contributed by atoms with Gasteiger partial charge in [-0.1, -0.05) is 41.4 Å². The van der Waals surface area contributed by atoms with Crippen molar-refractivity contribution >= 4 is 62.9 Å². The van der Waals surface area contributed by atoms with Crippen molar-refractivity contribution < 1.29 is 4.74 Å². The summed E-state index contributed by atoms with van der Waals surface area (Å²) in [6.07, 6.45) is 1.45. The summed E-state index contributed by atoms with van der Waals surface area (Å²) >= 11 is 14.2. The molecule has 0 aliphatic carbocycles. The van der Waals surface area contributed by atoms with Crippen LogP contribution in [0.1, 0.15) is 11.1 Å². The molecule has 0 saturated heterocycles. The minimum atomic E-state index is -0.602. The fourth-order valence-corrected chi connectivity index (χ4v) is 4.05. The third kappa shape index (κ3) is 4.84. The van der Waals surface area contributed by atoms with E-state index in [4.69, 9.17) is 27.9 Å². The molecule has 1 heterocycles. The zero-order chi connectivity index (χ0) is 22.0. The van der Waals surface area contributed by atoms with Crippen LogP contribution in [-0.4, -0.2) is 15.9 Å². The van der Waals surface area contributed by atoms with Crippen molar-refractivity contribution in [2.75, 3.05) is 0 Å². The average Bonchev–Trinajstić information content (AvgIpc) is 2.74. The van der Waals surface area contributed by atoms with Gasteiger partial charge in [0, 0.05) is 15.6 Å². The van der Waals surface area contributed by atoms with Gasteiger partial charge in [-0.2, -0.15) is 5.10 Å². The fraction of sp³-hybridized carbons (Fsp3) is 0.0455. The van der Waals surface area contributed by atoms with Gasteiger partial charge in [-0.3, -0.25) is 4.79 Å². The molecule has 3 aromatic carbocycles. The second kappa shape index (κ2) is 9.25. The van der Waals surface area contributed by atoms with E-state index in [0.29, 0.717) is 38.9 Å². The van der Waals surface area contributed by atoms with Gasteiger partial charge in [0.2, 0.25) is 0 Å². The van der Waals surface area contributed by atoms with Gasteiger partial charge in [0.05, 0.1) is 20.7 Å². The first-order chi connectivity index (χ1) is 14.9. The van der Waals surface area contributed by atoms with Gasteiger partial charge in [0.15, 0.2) is 0 Å². The summed E-state index contributed by atoms with van der Waals surface area (Å²) in [5.41, 5.74) is 0.920. The van der Waals surface area contributed by atoms with Crippen molar-refractivity contribution in [3.8, 4) is 5.75 Å². The molecular formula is C22H14Cl2IN3O3. The second-order valence-electron chi connectivity index (χ2n) is 6.55. The van der Waals surface area contributed by atoms with Crippen molar-refractivity contribution in [1.29, 1.82) is 0 Å². The van der Waals surface area contributed by atoms with Crippen molar-refractivity contribution in [2.24, 2.45) is 5.10 Å². The fourth-order valence-electron chi connectivity index (χ4n) is 2.89. The summed E-state index contributed by atoms with van der Waals surface area (Å²) in [6, 6.07) is 17.4. The van der Waals surface area contributed by atoms with Gasteiger partial charge in [0.25, 0.3) is 5.56 Å². The Kier molecular flexibility index (Phi) is 6.45. The topological polar surface area (TPSA) is 76.5 Å². The number of aromatic amines is 1. The lowest BCUT2D eigenvalue weighted by atomic mass is 10.2. The number of ether oxygens (including phenoxy) is 1. The molecule has 0 unspecified atom stereocenters. The summed E-state index contributed by atoms with van der Waals surface area (Å²) in [4.78, 5) is 27.4. The SMILES string of the molecule is O=c1[nH]c2ccccc2c(=O)n1N=Cc1ccc(OCc2ccc(Cl)cc2Cl)c(I)c1. The van der Waals surface area contributed by atoms with Crippen LogP contribution in [-0.2, 0) is 6.61 Å². The standard InChI is InChI=1S/C22H14Cl2IN3O3/c23-15-7-6-14(17(24)10-15)12-31-20-8-5-13(9-18(20)25)11-26-28-21(29)16-3-1-2-4-19(16)27-22(28)30/h1-11H,12H2,(H,27,30). The zero-order valence-electron chi connectivity index (χ0n) is 15.8. The van der Waals surface area contributed by atoms with E-state index in [2.05, 4.69) is 32.7 Å². The number of aromatic nitrogens is 2. The highest BCUT2D eigenvalue weighted by molar-refractivity contribution is 14.1. The molecule has 0 bridgehead atoms. The number of halogens is 3. The monoisotopic (exact) mass is 565 g/mol. The van der Waals surface area contributed by atoms with E-state index in [1.165, 1.54) is 6.21 Å². The minimum Gasteiger partial charge on any atom is -0.488 e. The quantitative estimate of drug-likeness (QED) is 0.271. The molecule has 0 aliphatic heterocycles. The van der Waals surface area contributed by atoms with Gasteiger partial charge in [-0.25, -0.2) is 4.79 Å². The van der Waals surface area contributed by atoms with Gasteiger partial charge >= 0.3 is 5.69 Å². The van der Waals surface area contributed by atoms with Crippen LogP contribution in [0.15, 0.2) is 75.4 Å². The summed E-state index contributed by atoms with van der Waals surface area (Å²) in [7, 11) is 0. The maximum Gasteiger partial charge on any atom is 0.349 e. The van der Waals surface area contributed by atoms with E-state index < -0.39 is 11.2 Å². The first-order valence-corrected chi connectivity index (χ1v) is 10.9. The predicted molar refractivity (Wildman–Crippen MR) is 132 cm³/mol. The Morgan fingerprint density at radius 2 is 1.87 bits per heavy atom. The summed E-state index contributed by atoms with van der Waals surface area (Å²) in [5, 5.41) is 5.56. The maximum absolute atomic E-state index is 12.5. The predicted octanol–water partition coefficient (Wildman–Crippen LogP) is 5.06. The Morgan fingerprint density at radius 3 is 2.65 bits per heavy atom. The van der Waals surface area contributed by atoms with Crippen LogP contribution in [0.5, 0.6) is 5.75 Å². The molecule has 0 atom stereocenters. The van der Waals surface area contributed by atoms with Gasteiger partial charge in [0.1, 0.15) is 12.4 Å². The molecule has 0 spiro atoms. The largest absolute Gasteiger partial charge is 0.488 e. The molecule has 31 heavy (non-hydrogen) atoms. The number of rotatable bonds is 5. The highest BCUT2D eigenvalue weighted by Crippen LogP contribution is 2.25. The lowest BCUT2D eigenvalue weighted by Crippen LogP contribution is -2.32. The van der Waals surface area contributed by atoms with Crippen molar-refractivity contribution in [3.63, 3.8) is 0 Å². The normalized spacial score (nSPS) is 11.3. The van der Waals surface area contributed by atoms with E-state index >= 15 is 0 Å². The molecule has 0 fully saturated rings. The molecule has 1 aromatic heterocycles. The summed E-state index contributed by atoms with van der Waals surface area (Å²) in [6.45, 7) is 0.293. The molecule has 156 valence electrons. The Labute approximate surface area is 200 Å². The average molecular weight is 566 g/mol. The third-order valence-electron chi connectivity index (χ3n) is 4.46. The number of H-pyrrole nitrogens is 1. The molecule has 0 radical (unpaired) electrons. The highest BCUT2D eigenvalue weighted by Gasteiger charge is 2.08. The number of fused-ring (bicyclic) bond motifs is 1. The van der Waals surface area contributed by atoms with Crippen LogP contribution in [0.4, 0.5) is 0 Å². The van der Waals surface area contributed by atoms with Crippen molar-refractivity contribution in [2.45, 2.75) is 6.61 Å².